The van der Waals surface area contributed by atoms with Crippen molar-refractivity contribution in [2.75, 3.05) is 6.54 Å². The quantitative estimate of drug-likeness (QED) is 0.840. The summed E-state index contributed by atoms with van der Waals surface area (Å²) >= 11 is 0. The minimum atomic E-state index is -3.53. The summed E-state index contributed by atoms with van der Waals surface area (Å²) in [5.74, 6) is 2.53. The molecule has 1 aromatic heterocycles. The van der Waals surface area contributed by atoms with E-state index in [2.05, 4.69) is 29.0 Å². The van der Waals surface area contributed by atoms with Crippen molar-refractivity contribution in [2.45, 2.75) is 62.8 Å². The third-order valence-electron chi connectivity index (χ3n) is 5.16. The van der Waals surface area contributed by atoms with Crippen LogP contribution in [0, 0.1) is 5.92 Å². The van der Waals surface area contributed by atoms with Gasteiger partial charge in [0.15, 0.2) is 5.82 Å². The minimum Gasteiger partial charge on any atom is -0.262 e. The van der Waals surface area contributed by atoms with Gasteiger partial charge >= 0.3 is 0 Å². The Morgan fingerprint density at radius 1 is 1.19 bits per heavy atom. The number of nitrogens with zero attached hydrogens (tertiary/aromatic N) is 3. The lowest BCUT2D eigenvalue weighted by atomic mass is 10.0. The van der Waals surface area contributed by atoms with Crippen molar-refractivity contribution in [3.8, 4) is 0 Å². The monoisotopic (exact) mass is 374 g/mol. The van der Waals surface area contributed by atoms with Crippen LogP contribution in [0.3, 0.4) is 0 Å². The summed E-state index contributed by atoms with van der Waals surface area (Å²) in [5.41, 5.74) is 1.17. The Hall–Kier alpha value is -1.73. The zero-order valence-corrected chi connectivity index (χ0v) is 16.2. The number of H-pyrrole nitrogens is 1. The zero-order chi connectivity index (χ0) is 18.3. The van der Waals surface area contributed by atoms with Crippen molar-refractivity contribution in [1.82, 2.24) is 19.5 Å². The van der Waals surface area contributed by atoms with Crippen molar-refractivity contribution < 1.29 is 8.42 Å². The molecule has 140 valence electrons. The van der Waals surface area contributed by atoms with E-state index in [0.717, 1.165) is 37.9 Å². The Kier molecular flexibility index (Phi) is 4.61. The van der Waals surface area contributed by atoms with E-state index in [1.54, 1.807) is 16.4 Å². The molecule has 1 aromatic carbocycles. The summed E-state index contributed by atoms with van der Waals surface area (Å²) < 4.78 is 27.9. The van der Waals surface area contributed by atoms with E-state index in [-0.39, 0.29) is 6.04 Å². The van der Waals surface area contributed by atoms with E-state index in [4.69, 9.17) is 0 Å². The van der Waals surface area contributed by atoms with Gasteiger partial charge in [-0.15, -0.1) is 0 Å². The number of benzene rings is 1. The maximum Gasteiger partial charge on any atom is 0.243 e. The van der Waals surface area contributed by atoms with E-state index < -0.39 is 10.0 Å². The molecule has 1 atom stereocenters. The summed E-state index contributed by atoms with van der Waals surface area (Å²) in [6, 6.07) is 7.09. The summed E-state index contributed by atoms with van der Waals surface area (Å²) in [4.78, 5) is 4.95. The number of rotatable bonds is 6. The topological polar surface area (TPSA) is 79.0 Å². The predicted octanol–water partition coefficient (Wildman–Crippen LogP) is 3.41. The van der Waals surface area contributed by atoms with Gasteiger partial charge in [0.25, 0.3) is 0 Å². The predicted molar refractivity (Wildman–Crippen MR) is 99.2 cm³/mol. The number of aromatic amines is 1. The van der Waals surface area contributed by atoms with Crippen molar-refractivity contribution in [1.29, 1.82) is 0 Å². The highest BCUT2D eigenvalue weighted by Gasteiger charge is 2.39. The van der Waals surface area contributed by atoms with Crippen LogP contribution in [0.2, 0.25) is 0 Å². The number of nitrogens with one attached hydrogen (secondary N) is 1. The lowest BCUT2D eigenvalue weighted by Gasteiger charge is -2.22. The second kappa shape index (κ2) is 6.78. The highest BCUT2D eigenvalue weighted by molar-refractivity contribution is 7.89. The third-order valence-corrected chi connectivity index (χ3v) is 7.08. The van der Waals surface area contributed by atoms with Crippen molar-refractivity contribution in [3.63, 3.8) is 0 Å². The molecule has 4 rings (SSSR count). The fourth-order valence-electron chi connectivity index (χ4n) is 3.67. The molecule has 0 spiro atoms. The number of hydrogen-bond acceptors (Lipinski definition) is 4. The second-order valence-electron chi connectivity index (χ2n) is 7.87. The maximum absolute atomic E-state index is 13.2. The average molecular weight is 375 g/mol. The van der Waals surface area contributed by atoms with Gasteiger partial charge in [-0.25, -0.2) is 13.4 Å². The van der Waals surface area contributed by atoms with Crippen LogP contribution in [-0.2, 0) is 16.4 Å². The molecule has 2 aliphatic rings. The first-order valence-corrected chi connectivity index (χ1v) is 10.9. The summed E-state index contributed by atoms with van der Waals surface area (Å²) in [6.07, 6.45) is 4.84. The van der Waals surface area contributed by atoms with E-state index in [1.807, 2.05) is 12.1 Å². The molecule has 7 heteroatoms. The van der Waals surface area contributed by atoms with Gasteiger partial charge in [0, 0.05) is 12.5 Å². The molecule has 0 amide bonds. The summed E-state index contributed by atoms with van der Waals surface area (Å²) in [7, 11) is -3.53. The Morgan fingerprint density at radius 3 is 2.58 bits per heavy atom. The molecule has 1 N–H and O–H groups in total. The van der Waals surface area contributed by atoms with Gasteiger partial charge in [0.2, 0.25) is 10.0 Å². The second-order valence-corrected chi connectivity index (χ2v) is 9.76. The lowest BCUT2D eigenvalue weighted by molar-refractivity contribution is 0.384. The largest absolute Gasteiger partial charge is 0.262 e. The molecule has 2 aromatic rings. The van der Waals surface area contributed by atoms with Crippen LogP contribution in [0.4, 0.5) is 0 Å². The van der Waals surface area contributed by atoms with Gasteiger partial charge in [0.1, 0.15) is 5.82 Å². The van der Waals surface area contributed by atoms with Crippen molar-refractivity contribution in [2.24, 2.45) is 5.92 Å². The molecule has 1 aliphatic heterocycles. The zero-order valence-electron chi connectivity index (χ0n) is 15.4. The standard InChI is InChI=1S/C19H26N4O2S/c1-13(2)12-14-5-9-16(10-6-14)26(24,25)23-11-3-4-17(23)19-20-18(21-22-19)15-7-8-15/h5-6,9-10,13,15,17H,3-4,7-8,11-12H2,1-2H3,(H,20,21,22). The van der Waals surface area contributed by atoms with Crippen LogP contribution in [0.25, 0.3) is 0 Å². The molecule has 0 bridgehead atoms. The van der Waals surface area contributed by atoms with Gasteiger partial charge in [-0.1, -0.05) is 26.0 Å². The van der Waals surface area contributed by atoms with E-state index >= 15 is 0 Å². The van der Waals surface area contributed by atoms with Crippen LogP contribution in [0.5, 0.6) is 0 Å². The van der Waals surface area contributed by atoms with Crippen molar-refractivity contribution in [3.05, 3.63) is 41.5 Å². The van der Waals surface area contributed by atoms with Gasteiger partial charge in [0.05, 0.1) is 10.9 Å². The molecule has 26 heavy (non-hydrogen) atoms. The maximum atomic E-state index is 13.2. The highest BCUT2D eigenvalue weighted by Crippen LogP contribution is 2.40. The highest BCUT2D eigenvalue weighted by atomic mass is 32.2. The molecule has 1 saturated carbocycles. The van der Waals surface area contributed by atoms with Gasteiger partial charge < -0.3 is 0 Å². The number of aromatic nitrogens is 3. The lowest BCUT2D eigenvalue weighted by Crippen LogP contribution is -2.31. The molecule has 1 saturated heterocycles. The molecule has 1 aliphatic carbocycles. The number of hydrogen-bond donors (Lipinski definition) is 1. The fraction of sp³-hybridized carbons (Fsp3) is 0.579. The summed E-state index contributed by atoms with van der Waals surface area (Å²) in [6.45, 7) is 4.85. The first-order valence-electron chi connectivity index (χ1n) is 9.48. The smallest absolute Gasteiger partial charge is 0.243 e. The van der Waals surface area contributed by atoms with E-state index in [9.17, 15) is 8.42 Å². The molecular formula is C19H26N4O2S. The van der Waals surface area contributed by atoms with Crippen molar-refractivity contribution >= 4 is 10.0 Å². The normalized spacial score (nSPS) is 21.6. The summed E-state index contributed by atoms with van der Waals surface area (Å²) in [5, 5.41) is 7.28. The SMILES string of the molecule is CC(C)Cc1ccc(S(=O)(=O)N2CCCC2c2nc(C3CC3)n[nH]2)cc1. The molecule has 1 unspecified atom stereocenters. The first-order chi connectivity index (χ1) is 12.4. The first kappa shape index (κ1) is 17.7. The molecular weight excluding hydrogens is 348 g/mol. The minimum absolute atomic E-state index is 0.240. The third kappa shape index (κ3) is 3.42. The van der Waals surface area contributed by atoms with Crippen LogP contribution >= 0.6 is 0 Å². The van der Waals surface area contributed by atoms with Gasteiger partial charge in [-0.3, -0.25) is 5.10 Å². The average Bonchev–Trinajstić information content (AvgIpc) is 3.13. The Labute approximate surface area is 155 Å². The van der Waals surface area contributed by atoms with Crippen LogP contribution in [0.15, 0.2) is 29.2 Å². The molecule has 2 fully saturated rings. The fourth-order valence-corrected chi connectivity index (χ4v) is 5.33. The van der Waals surface area contributed by atoms with Crippen LogP contribution in [-0.4, -0.2) is 34.4 Å². The Morgan fingerprint density at radius 2 is 1.92 bits per heavy atom. The molecule has 0 radical (unpaired) electrons. The van der Waals surface area contributed by atoms with E-state index in [0.29, 0.717) is 29.1 Å². The van der Waals surface area contributed by atoms with Crippen LogP contribution in [0.1, 0.15) is 68.7 Å². The molecule has 2 heterocycles. The van der Waals surface area contributed by atoms with Crippen LogP contribution < -0.4 is 0 Å². The Balaban J connectivity index is 1.57. The Bertz CT molecular complexity index is 869. The number of sulfonamides is 1. The van der Waals surface area contributed by atoms with Gasteiger partial charge in [-0.2, -0.15) is 9.40 Å². The van der Waals surface area contributed by atoms with Gasteiger partial charge in [-0.05, 0) is 55.7 Å². The molecule has 6 nitrogen and oxygen atoms in total. The van der Waals surface area contributed by atoms with E-state index in [1.165, 1.54) is 5.56 Å².